The smallest absolute Gasteiger partial charge is 0.258 e. The molecule has 3 rings (SSSR count). The first-order chi connectivity index (χ1) is 11.7. The molecule has 24 heavy (non-hydrogen) atoms. The molecule has 1 fully saturated rings. The standard InChI is InChI=1S/C18H22N4O2/c1-2-13-5-7-15(8-6-13)22-17(23)14-10-19-18(20-11-14)21-12-16-4-3-9-24-16/h5-8,10-11,16H,2-4,9,12H2,1H3,(H,22,23)(H,19,20,21). The second kappa shape index (κ2) is 7.88. The van der Waals surface area contributed by atoms with Gasteiger partial charge < -0.3 is 15.4 Å². The Morgan fingerprint density at radius 2 is 2.00 bits per heavy atom. The number of carbonyl (C=O) groups is 1. The largest absolute Gasteiger partial charge is 0.376 e. The van der Waals surface area contributed by atoms with Gasteiger partial charge >= 0.3 is 0 Å². The Labute approximate surface area is 141 Å². The molecule has 6 heteroatoms. The molecule has 1 aliphatic rings. The third kappa shape index (κ3) is 4.29. The van der Waals surface area contributed by atoms with E-state index in [4.69, 9.17) is 4.74 Å². The third-order valence-corrected chi connectivity index (χ3v) is 4.05. The minimum atomic E-state index is -0.218. The lowest BCUT2D eigenvalue weighted by Gasteiger charge is -2.10. The first-order valence-corrected chi connectivity index (χ1v) is 8.32. The molecule has 1 aliphatic heterocycles. The van der Waals surface area contributed by atoms with E-state index in [0.29, 0.717) is 18.1 Å². The molecule has 0 radical (unpaired) electrons. The molecule has 1 aromatic heterocycles. The average molecular weight is 326 g/mol. The number of anilines is 2. The number of ether oxygens (including phenoxy) is 1. The number of hydrogen-bond donors (Lipinski definition) is 2. The Morgan fingerprint density at radius 1 is 1.25 bits per heavy atom. The normalized spacial score (nSPS) is 16.8. The van der Waals surface area contributed by atoms with Gasteiger partial charge in [-0.05, 0) is 37.0 Å². The molecule has 1 atom stereocenters. The van der Waals surface area contributed by atoms with Crippen LogP contribution in [0.5, 0.6) is 0 Å². The second-order valence-electron chi connectivity index (χ2n) is 5.82. The summed E-state index contributed by atoms with van der Waals surface area (Å²) >= 11 is 0. The summed E-state index contributed by atoms with van der Waals surface area (Å²) in [5.74, 6) is 0.291. The molecular formula is C18H22N4O2. The number of benzene rings is 1. The number of amides is 1. The summed E-state index contributed by atoms with van der Waals surface area (Å²) in [7, 11) is 0. The van der Waals surface area contributed by atoms with E-state index in [2.05, 4.69) is 27.5 Å². The monoisotopic (exact) mass is 326 g/mol. The van der Waals surface area contributed by atoms with Crippen LogP contribution in [-0.4, -0.2) is 35.1 Å². The summed E-state index contributed by atoms with van der Waals surface area (Å²) in [4.78, 5) is 20.6. The fourth-order valence-electron chi connectivity index (χ4n) is 2.57. The van der Waals surface area contributed by atoms with E-state index in [9.17, 15) is 4.79 Å². The number of carbonyl (C=O) groups excluding carboxylic acids is 1. The van der Waals surface area contributed by atoms with Gasteiger partial charge in [0, 0.05) is 31.2 Å². The van der Waals surface area contributed by atoms with Crippen molar-refractivity contribution in [1.82, 2.24) is 9.97 Å². The van der Waals surface area contributed by atoms with E-state index in [1.165, 1.54) is 18.0 Å². The van der Waals surface area contributed by atoms with Gasteiger partial charge in [-0.1, -0.05) is 19.1 Å². The lowest BCUT2D eigenvalue weighted by atomic mass is 10.1. The van der Waals surface area contributed by atoms with Gasteiger partial charge in [0.2, 0.25) is 5.95 Å². The Balaban J connectivity index is 1.54. The highest BCUT2D eigenvalue weighted by atomic mass is 16.5. The van der Waals surface area contributed by atoms with Crippen LogP contribution in [0.25, 0.3) is 0 Å². The minimum Gasteiger partial charge on any atom is -0.376 e. The highest BCUT2D eigenvalue weighted by Crippen LogP contribution is 2.13. The Morgan fingerprint density at radius 3 is 2.62 bits per heavy atom. The molecule has 1 amide bonds. The number of aromatic nitrogens is 2. The van der Waals surface area contributed by atoms with Crippen molar-refractivity contribution < 1.29 is 9.53 Å². The van der Waals surface area contributed by atoms with Gasteiger partial charge in [0.1, 0.15) is 0 Å². The fraction of sp³-hybridized carbons (Fsp3) is 0.389. The van der Waals surface area contributed by atoms with Crippen molar-refractivity contribution in [3.05, 3.63) is 47.8 Å². The topological polar surface area (TPSA) is 76.1 Å². The Bertz CT molecular complexity index is 664. The fourth-order valence-corrected chi connectivity index (χ4v) is 2.57. The molecule has 1 saturated heterocycles. The van der Waals surface area contributed by atoms with Gasteiger partial charge in [-0.15, -0.1) is 0 Å². The summed E-state index contributed by atoms with van der Waals surface area (Å²) in [6, 6.07) is 7.80. The molecule has 2 aromatic rings. The number of nitrogens with one attached hydrogen (secondary N) is 2. The van der Waals surface area contributed by atoms with Gasteiger partial charge in [-0.2, -0.15) is 0 Å². The number of aryl methyl sites for hydroxylation is 1. The van der Waals surface area contributed by atoms with Crippen molar-refractivity contribution in [3.63, 3.8) is 0 Å². The van der Waals surface area contributed by atoms with E-state index in [-0.39, 0.29) is 12.0 Å². The predicted octanol–water partition coefficient (Wildman–Crippen LogP) is 2.88. The molecule has 0 bridgehead atoms. The third-order valence-electron chi connectivity index (χ3n) is 4.05. The van der Waals surface area contributed by atoms with Gasteiger partial charge in [0.25, 0.3) is 5.91 Å². The quantitative estimate of drug-likeness (QED) is 0.853. The van der Waals surface area contributed by atoms with E-state index in [1.807, 2.05) is 24.3 Å². The van der Waals surface area contributed by atoms with Gasteiger partial charge in [-0.3, -0.25) is 4.79 Å². The van der Waals surface area contributed by atoms with Crippen molar-refractivity contribution in [2.45, 2.75) is 32.3 Å². The van der Waals surface area contributed by atoms with Crippen molar-refractivity contribution in [1.29, 1.82) is 0 Å². The van der Waals surface area contributed by atoms with E-state index < -0.39 is 0 Å². The molecule has 1 aromatic carbocycles. The van der Waals surface area contributed by atoms with Crippen LogP contribution in [0, 0.1) is 0 Å². The van der Waals surface area contributed by atoms with Crippen molar-refractivity contribution >= 4 is 17.5 Å². The zero-order valence-electron chi connectivity index (χ0n) is 13.8. The molecule has 0 spiro atoms. The van der Waals surface area contributed by atoms with Crippen LogP contribution in [-0.2, 0) is 11.2 Å². The number of rotatable bonds is 6. The molecule has 2 N–H and O–H groups in total. The van der Waals surface area contributed by atoms with E-state index in [0.717, 1.165) is 31.6 Å². The first-order valence-electron chi connectivity index (χ1n) is 8.32. The molecule has 126 valence electrons. The van der Waals surface area contributed by atoms with Crippen molar-refractivity contribution in [2.24, 2.45) is 0 Å². The first kappa shape index (κ1) is 16.4. The average Bonchev–Trinajstić information content (AvgIpc) is 3.14. The predicted molar refractivity (Wildman–Crippen MR) is 93.3 cm³/mol. The number of hydrogen-bond acceptors (Lipinski definition) is 5. The van der Waals surface area contributed by atoms with Crippen LogP contribution in [0.4, 0.5) is 11.6 Å². The Hall–Kier alpha value is -2.47. The summed E-state index contributed by atoms with van der Waals surface area (Å²) in [6.07, 6.45) is 6.42. The molecular weight excluding hydrogens is 304 g/mol. The molecule has 6 nitrogen and oxygen atoms in total. The van der Waals surface area contributed by atoms with Gasteiger partial charge in [0.05, 0.1) is 11.7 Å². The SMILES string of the molecule is CCc1ccc(NC(=O)c2cnc(NCC3CCCO3)nc2)cc1. The van der Waals surface area contributed by atoms with Crippen molar-refractivity contribution in [3.8, 4) is 0 Å². The molecule has 1 unspecified atom stereocenters. The van der Waals surface area contributed by atoms with E-state index in [1.54, 1.807) is 0 Å². The van der Waals surface area contributed by atoms with Crippen LogP contribution in [0.15, 0.2) is 36.7 Å². The highest BCUT2D eigenvalue weighted by molar-refractivity contribution is 6.03. The van der Waals surface area contributed by atoms with E-state index >= 15 is 0 Å². The van der Waals surface area contributed by atoms with Crippen LogP contribution in [0.1, 0.15) is 35.7 Å². The summed E-state index contributed by atoms with van der Waals surface area (Å²) in [5.41, 5.74) is 2.42. The molecule has 2 heterocycles. The lowest BCUT2D eigenvalue weighted by molar-refractivity contribution is 0.102. The molecule has 0 aliphatic carbocycles. The highest BCUT2D eigenvalue weighted by Gasteiger charge is 2.15. The summed E-state index contributed by atoms with van der Waals surface area (Å²) < 4.78 is 5.54. The maximum absolute atomic E-state index is 12.2. The lowest BCUT2D eigenvalue weighted by Crippen LogP contribution is -2.20. The minimum absolute atomic E-state index is 0.218. The van der Waals surface area contributed by atoms with Crippen LogP contribution in [0.2, 0.25) is 0 Å². The number of nitrogens with zero attached hydrogens (tertiary/aromatic N) is 2. The van der Waals surface area contributed by atoms with Crippen molar-refractivity contribution in [2.75, 3.05) is 23.8 Å². The maximum Gasteiger partial charge on any atom is 0.258 e. The summed E-state index contributed by atoms with van der Waals surface area (Å²) in [6.45, 7) is 3.61. The second-order valence-corrected chi connectivity index (χ2v) is 5.82. The van der Waals surface area contributed by atoms with Crippen LogP contribution >= 0.6 is 0 Å². The zero-order valence-corrected chi connectivity index (χ0v) is 13.8. The Kier molecular flexibility index (Phi) is 5.38. The zero-order chi connectivity index (χ0) is 16.8. The maximum atomic E-state index is 12.2. The van der Waals surface area contributed by atoms with Crippen LogP contribution < -0.4 is 10.6 Å². The summed E-state index contributed by atoms with van der Waals surface area (Å²) in [5, 5.41) is 5.98. The van der Waals surface area contributed by atoms with Crippen LogP contribution in [0.3, 0.4) is 0 Å². The van der Waals surface area contributed by atoms with Gasteiger partial charge in [0.15, 0.2) is 0 Å². The molecule has 0 saturated carbocycles. The van der Waals surface area contributed by atoms with Gasteiger partial charge in [-0.25, -0.2) is 9.97 Å².